The Balaban J connectivity index is 2.10. The van der Waals surface area contributed by atoms with Crippen LogP contribution in [0.2, 0.25) is 0 Å². The van der Waals surface area contributed by atoms with Gasteiger partial charge in [-0.25, -0.2) is 0 Å². The molecule has 0 aliphatic carbocycles. The highest BCUT2D eigenvalue weighted by Gasteiger charge is 2.28. The van der Waals surface area contributed by atoms with Crippen molar-refractivity contribution in [3.63, 3.8) is 0 Å². The number of benzene rings is 1. The van der Waals surface area contributed by atoms with Crippen LogP contribution in [0.3, 0.4) is 0 Å². The maximum Gasteiger partial charge on any atom is 0.247 e. The number of morpholine rings is 1. The summed E-state index contributed by atoms with van der Waals surface area (Å²) in [6.45, 7) is 5.12. The van der Waals surface area contributed by atoms with Gasteiger partial charge in [0.1, 0.15) is 0 Å². The van der Waals surface area contributed by atoms with E-state index in [1.165, 1.54) is 0 Å². The van der Waals surface area contributed by atoms with Crippen molar-refractivity contribution in [2.45, 2.75) is 25.9 Å². The van der Waals surface area contributed by atoms with Crippen LogP contribution in [-0.4, -0.2) is 36.1 Å². The first-order valence-electron chi connectivity index (χ1n) is 6.70. The molecule has 0 unspecified atom stereocenters. The first-order valence-corrected chi connectivity index (χ1v) is 6.70. The zero-order valence-corrected chi connectivity index (χ0v) is 11.7. The lowest BCUT2D eigenvalue weighted by molar-refractivity contribution is -0.138. The molecule has 1 fully saturated rings. The van der Waals surface area contributed by atoms with Crippen LogP contribution in [0, 0.1) is 11.3 Å². The van der Waals surface area contributed by atoms with Crippen LogP contribution in [0.1, 0.15) is 25.0 Å². The van der Waals surface area contributed by atoms with Gasteiger partial charge in [0.25, 0.3) is 0 Å². The number of hydrogen-bond donors (Lipinski definition) is 0. The standard InChI is InChI=1S/C16H18N2O2/c1-12-10-20-11-13(2)18(12)16(19)7-6-14-4-3-5-15(8-14)9-17/h3-8,12-13H,10-11H2,1-2H3/b7-6+/t12-,13-/m0/s1. The van der Waals surface area contributed by atoms with Gasteiger partial charge in [0.2, 0.25) is 5.91 Å². The normalized spacial score (nSPS) is 22.8. The summed E-state index contributed by atoms with van der Waals surface area (Å²) in [5.41, 5.74) is 1.44. The smallest absolute Gasteiger partial charge is 0.247 e. The molecule has 4 heteroatoms. The number of nitriles is 1. The van der Waals surface area contributed by atoms with Gasteiger partial charge < -0.3 is 9.64 Å². The van der Waals surface area contributed by atoms with E-state index in [4.69, 9.17) is 10.00 Å². The Hall–Kier alpha value is -2.12. The summed E-state index contributed by atoms with van der Waals surface area (Å²) in [7, 11) is 0. The van der Waals surface area contributed by atoms with Crippen LogP contribution in [-0.2, 0) is 9.53 Å². The van der Waals surface area contributed by atoms with E-state index in [-0.39, 0.29) is 18.0 Å². The first kappa shape index (κ1) is 14.3. The minimum Gasteiger partial charge on any atom is -0.377 e. The summed E-state index contributed by atoms with van der Waals surface area (Å²) in [5.74, 6) is -0.0179. The maximum absolute atomic E-state index is 12.3. The number of carbonyl (C=O) groups is 1. The molecule has 0 aromatic heterocycles. The summed E-state index contributed by atoms with van der Waals surface area (Å²) in [4.78, 5) is 14.1. The number of carbonyl (C=O) groups excluding carboxylic acids is 1. The van der Waals surface area contributed by atoms with Crippen LogP contribution in [0.5, 0.6) is 0 Å². The van der Waals surface area contributed by atoms with E-state index in [9.17, 15) is 4.79 Å². The molecule has 1 aromatic rings. The summed E-state index contributed by atoms with van der Waals surface area (Å²) in [5, 5.41) is 8.85. The zero-order chi connectivity index (χ0) is 14.5. The van der Waals surface area contributed by atoms with Gasteiger partial charge in [0.05, 0.1) is 36.9 Å². The first-order chi connectivity index (χ1) is 9.61. The highest BCUT2D eigenvalue weighted by molar-refractivity contribution is 5.92. The van der Waals surface area contributed by atoms with Gasteiger partial charge in [-0.3, -0.25) is 4.79 Å². The van der Waals surface area contributed by atoms with Crippen LogP contribution >= 0.6 is 0 Å². The third kappa shape index (κ3) is 3.25. The molecule has 1 aliphatic rings. The monoisotopic (exact) mass is 270 g/mol. The highest BCUT2D eigenvalue weighted by atomic mass is 16.5. The summed E-state index contributed by atoms with van der Waals surface area (Å²) < 4.78 is 5.41. The molecule has 1 heterocycles. The van der Waals surface area contributed by atoms with Gasteiger partial charge in [-0.1, -0.05) is 12.1 Å². The van der Waals surface area contributed by atoms with Crippen LogP contribution in [0.25, 0.3) is 6.08 Å². The lowest BCUT2D eigenvalue weighted by atomic mass is 10.1. The fourth-order valence-electron chi connectivity index (χ4n) is 2.40. The van der Waals surface area contributed by atoms with Crippen molar-refractivity contribution in [3.8, 4) is 6.07 Å². The van der Waals surface area contributed by atoms with Crippen LogP contribution in [0.15, 0.2) is 30.3 Å². The topological polar surface area (TPSA) is 53.3 Å². The van der Waals surface area contributed by atoms with Gasteiger partial charge in [0.15, 0.2) is 0 Å². The number of nitrogens with zero attached hydrogens (tertiary/aromatic N) is 2. The lowest BCUT2D eigenvalue weighted by Crippen LogP contribution is -2.51. The molecule has 2 rings (SSSR count). The van der Waals surface area contributed by atoms with E-state index >= 15 is 0 Å². The number of hydrogen-bond acceptors (Lipinski definition) is 3. The average Bonchev–Trinajstić information content (AvgIpc) is 2.45. The molecule has 2 atom stereocenters. The molecule has 4 nitrogen and oxygen atoms in total. The number of ether oxygens (including phenoxy) is 1. The van der Waals surface area contributed by atoms with Crippen molar-refractivity contribution < 1.29 is 9.53 Å². The van der Waals surface area contributed by atoms with Crippen molar-refractivity contribution >= 4 is 12.0 Å². The molecular formula is C16H18N2O2. The molecule has 1 aromatic carbocycles. The molecule has 1 amide bonds. The largest absolute Gasteiger partial charge is 0.377 e. The SMILES string of the molecule is C[C@H]1COC[C@H](C)N1C(=O)/C=C/c1cccc(C#N)c1. The highest BCUT2D eigenvalue weighted by Crippen LogP contribution is 2.14. The average molecular weight is 270 g/mol. The fourth-order valence-corrected chi connectivity index (χ4v) is 2.40. The summed E-state index contributed by atoms with van der Waals surface area (Å²) in [6, 6.07) is 9.44. The van der Waals surface area contributed by atoms with E-state index < -0.39 is 0 Å². The van der Waals surface area contributed by atoms with Crippen molar-refractivity contribution in [2.24, 2.45) is 0 Å². The number of amides is 1. The number of rotatable bonds is 2. The van der Waals surface area contributed by atoms with Crippen molar-refractivity contribution in [3.05, 3.63) is 41.5 Å². The predicted molar refractivity (Wildman–Crippen MR) is 76.8 cm³/mol. The Kier molecular flexibility index (Phi) is 4.54. The van der Waals surface area contributed by atoms with Gasteiger partial charge >= 0.3 is 0 Å². The third-order valence-electron chi connectivity index (χ3n) is 3.36. The molecule has 20 heavy (non-hydrogen) atoms. The summed E-state index contributed by atoms with van der Waals surface area (Å²) >= 11 is 0. The Morgan fingerprint density at radius 1 is 1.40 bits per heavy atom. The lowest BCUT2D eigenvalue weighted by Gasteiger charge is -2.38. The van der Waals surface area contributed by atoms with Gasteiger partial charge in [-0.2, -0.15) is 5.26 Å². The molecule has 1 aliphatic heterocycles. The summed E-state index contributed by atoms with van der Waals surface area (Å²) in [6.07, 6.45) is 3.31. The molecule has 104 valence electrons. The fraction of sp³-hybridized carbons (Fsp3) is 0.375. The third-order valence-corrected chi connectivity index (χ3v) is 3.36. The van der Waals surface area contributed by atoms with E-state index in [2.05, 4.69) is 6.07 Å². The Labute approximate surface area is 119 Å². The zero-order valence-electron chi connectivity index (χ0n) is 11.7. The van der Waals surface area contributed by atoms with Crippen molar-refractivity contribution in [2.75, 3.05) is 13.2 Å². The van der Waals surface area contributed by atoms with E-state index in [0.717, 1.165) is 5.56 Å². The second-order valence-corrected chi connectivity index (χ2v) is 5.05. The second kappa shape index (κ2) is 6.36. The van der Waals surface area contributed by atoms with Crippen LogP contribution in [0.4, 0.5) is 0 Å². The van der Waals surface area contributed by atoms with E-state index in [0.29, 0.717) is 18.8 Å². The molecule has 0 radical (unpaired) electrons. The van der Waals surface area contributed by atoms with Gasteiger partial charge in [-0.15, -0.1) is 0 Å². The maximum atomic E-state index is 12.3. The van der Waals surface area contributed by atoms with Gasteiger partial charge in [-0.05, 0) is 37.6 Å². The Morgan fingerprint density at radius 3 is 2.75 bits per heavy atom. The minimum atomic E-state index is -0.0179. The molecule has 0 N–H and O–H groups in total. The molecule has 0 saturated carbocycles. The van der Waals surface area contributed by atoms with E-state index in [1.54, 1.807) is 24.3 Å². The molecule has 1 saturated heterocycles. The van der Waals surface area contributed by atoms with E-state index in [1.807, 2.05) is 30.9 Å². The molecule has 0 spiro atoms. The predicted octanol–water partition coefficient (Wildman–Crippen LogP) is 2.21. The Morgan fingerprint density at radius 2 is 2.10 bits per heavy atom. The van der Waals surface area contributed by atoms with Gasteiger partial charge in [0, 0.05) is 6.08 Å². The van der Waals surface area contributed by atoms with Crippen LogP contribution < -0.4 is 0 Å². The Bertz CT molecular complexity index is 550. The van der Waals surface area contributed by atoms with Crippen molar-refractivity contribution in [1.29, 1.82) is 5.26 Å². The second-order valence-electron chi connectivity index (χ2n) is 5.05. The quantitative estimate of drug-likeness (QED) is 0.774. The molecular weight excluding hydrogens is 252 g/mol. The molecule has 0 bridgehead atoms. The van der Waals surface area contributed by atoms with Crippen molar-refractivity contribution in [1.82, 2.24) is 4.90 Å². The minimum absolute atomic E-state index is 0.0179.